The number of sulfone groups is 1. The molecule has 0 fully saturated rings. The van der Waals surface area contributed by atoms with Crippen molar-refractivity contribution in [2.24, 2.45) is 0 Å². The van der Waals surface area contributed by atoms with Crippen LogP contribution in [0.2, 0.25) is 0 Å². The van der Waals surface area contributed by atoms with Crippen molar-refractivity contribution in [3.63, 3.8) is 0 Å². The van der Waals surface area contributed by atoms with E-state index in [0.717, 1.165) is 12.7 Å². The van der Waals surface area contributed by atoms with Gasteiger partial charge in [0.15, 0.2) is 9.84 Å². The van der Waals surface area contributed by atoms with Gasteiger partial charge in [0.25, 0.3) is 0 Å². The predicted octanol–water partition coefficient (Wildman–Crippen LogP) is 2.00. The molecule has 1 aromatic carbocycles. The monoisotopic (exact) mass is 240 g/mol. The van der Waals surface area contributed by atoms with Crippen LogP contribution in [0.15, 0.2) is 29.2 Å². The molecule has 1 aromatic rings. The molecule has 0 N–H and O–H groups in total. The summed E-state index contributed by atoms with van der Waals surface area (Å²) >= 11 is 0. The van der Waals surface area contributed by atoms with E-state index in [9.17, 15) is 13.2 Å². The van der Waals surface area contributed by atoms with Crippen molar-refractivity contribution < 1.29 is 13.2 Å². The molecule has 0 heterocycles. The van der Waals surface area contributed by atoms with Gasteiger partial charge in [0.1, 0.15) is 5.78 Å². The molecular formula is C12H16O3S. The molecule has 0 aliphatic carbocycles. The fraction of sp³-hybridized carbons (Fsp3) is 0.417. The Balaban J connectivity index is 3.01. The number of hydrogen-bond donors (Lipinski definition) is 0. The van der Waals surface area contributed by atoms with Crippen LogP contribution in [0.25, 0.3) is 0 Å². The summed E-state index contributed by atoms with van der Waals surface area (Å²) in [6.45, 7) is 1.93. The number of rotatable bonds is 5. The van der Waals surface area contributed by atoms with Gasteiger partial charge in [-0.25, -0.2) is 8.42 Å². The maximum atomic E-state index is 11.5. The summed E-state index contributed by atoms with van der Waals surface area (Å²) in [5.74, 6) is 0.0820. The lowest BCUT2D eigenvalue weighted by Crippen LogP contribution is -2.07. The Kier molecular flexibility index (Phi) is 4.24. The zero-order valence-electron chi connectivity index (χ0n) is 9.56. The van der Waals surface area contributed by atoms with E-state index in [0.29, 0.717) is 12.0 Å². The minimum atomic E-state index is -3.25. The third kappa shape index (κ3) is 3.45. The summed E-state index contributed by atoms with van der Waals surface area (Å²) in [7, 11) is -3.25. The molecule has 0 radical (unpaired) electrons. The van der Waals surface area contributed by atoms with E-state index in [1.807, 2.05) is 6.92 Å². The summed E-state index contributed by atoms with van der Waals surface area (Å²) in [6, 6.07) is 6.67. The van der Waals surface area contributed by atoms with Crippen LogP contribution in [0.1, 0.15) is 25.3 Å². The Morgan fingerprint density at radius 3 is 2.44 bits per heavy atom. The molecule has 0 atom stereocenters. The highest BCUT2D eigenvalue weighted by Crippen LogP contribution is 2.16. The van der Waals surface area contributed by atoms with Gasteiger partial charge in [0.05, 0.1) is 4.90 Å². The average molecular weight is 240 g/mol. The molecule has 1 rings (SSSR count). The van der Waals surface area contributed by atoms with Gasteiger partial charge in [0, 0.05) is 19.1 Å². The minimum Gasteiger partial charge on any atom is -0.299 e. The second kappa shape index (κ2) is 5.25. The number of hydrogen-bond acceptors (Lipinski definition) is 3. The van der Waals surface area contributed by atoms with Crippen LogP contribution < -0.4 is 0 Å². The van der Waals surface area contributed by atoms with Crippen LogP contribution >= 0.6 is 0 Å². The first kappa shape index (κ1) is 12.9. The summed E-state index contributed by atoms with van der Waals surface area (Å²) in [5, 5.41) is 0. The van der Waals surface area contributed by atoms with E-state index in [4.69, 9.17) is 0 Å². The highest BCUT2D eigenvalue weighted by atomic mass is 32.2. The van der Waals surface area contributed by atoms with Crippen LogP contribution in [-0.4, -0.2) is 20.5 Å². The first-order valence-electron chi connectivity index (χ1n) is 5.24. The lowest BCUT2D eigenvalue weighted by atomic mass is 10.1. The molecule has 88 valence electrons. The van der Waals surface area contributed by atoms with E-state index < -0.39 is 9.84 Å². The van der Waals surface area contributed by atoms with E-state index in [1.165, 1.54) is 0 Å². The molecular weight excluding hydrogens is 224 g/mol. The molecule has 0 saturated heterocycles. The summed E-state index contributed by atoms with van der Waals surface area (Å²) in [6.07, 6.45) is 2.66. The second-order valence-corrected chi connectivity index (χ2v) is 5.83. The Bertz CT molecular complexity index is 475. The standard InChI is InChI=1S/C12H16O3S/c1-3-6-11(13)9-10-7-4-5-8-12(10)16(2,14)15/h4-5,7-8H,3,6,9H2,1-2H3. The molecule has 3 nitrogen and oxygen atoms in total. The molecule has 16 heavy (non-hydrogen) atoms. The molecule has 0 spiro atoms. The Morgan fingerprint density at radius 2 is 1.88 bits per heavy atom. The molecule has 0 bridgehead atoms. The molecule has 4 heteroatoms. The molecule has 0 aromatic heterocycles. The van der Waals surface area contributed by atoms with Crippen molar-refractivity contribution in [2.75, 3.05) is 6.26 Å². The van der Waals surface area contributed by atoms with E-state index >= 15 is 0 Å². The van der Waals surface area contributed by atoms with Gasteiger partial charge in [0.2, 0.25) is 0 Å². The quantitative estimate of drug-likeness (QED) is 0.791. The van der Waals surface area contributed by atoms with E-state index in [1.54, 1.807) is 24.3 Å². The highest BCUT2D eigenvalue weighted by Gasteiger charge is 2.14. The lowest BCUT2D eigenvalue weighted by molar-refractivity contribution is -0.118. The zero-order chi connectivity index (χ0) is 12.2. The summed E-state index contributed by atoms with van der Waals surface area (Å²) < 4.78 is 23.0. The molecule has 0 aliphatic heterocycles. The zero-order valence-corrected chi connectivity index (χ0v) is 10.4. The topological polar surface area (TPSA) is 51.2 Å². The van der Waals surface area contributed by atoms with Gasteiger partial charge in [-0.1, -0.05) is 25.1 Å². The maximum Gasteiger partial charge on any atom is 0.175 e. The third-order valence-electron chi connectivity index (χ3n) is 2.29. The van der Waals surface area contributed by atoms with Crippen molar-refractivity contribution in [1.29, 1.82) is 0 Å². The average Bonchev–Trinajstić information content (AvgIpc) is 2.17. The number of carbonyl (C=O) groups excluding carboxylic acids is 1. The fourth-order valence-electron chi connectivity index (χ4n) is 1.59. The number of benzene rings is 1. The van der Waals surface area contributed by atoms with Crippen LogP contribution in [0.3, 0.4) is 0 Å². The number of ketones is 1. The summed E-state index contributed by atoms with van der Waals surface area (Å²) in [5.41, 5.74) is 0.600. The third-order valence-corrected chi connectivity index (χ3v) is 3.49. The van der Waals surface area contributed by atoms with Crippen molar-refractivity contribution in [3.8, 4) is 0 Å². The van der Waals surface area contributed by atoms with Crippen LogP contribution in [0.5, 0.6) is 0 Å². The number of Topliss-reactive ketones (excluding diaryl/α,β-unsaturated/α-hetero) is 1. The largest absolute Gasteiger partial charge is 0.299 e. The second-order valence-electron chi connectivity index (χ2n) is 3.85. The Labute approximate surface area is 96.4 Å². The molecule has 0 amide bonds. The maximum absolute atomic E-state index is 11.5. The lowest BCUT2D eigenvalue weighted by Gasteiger charge is -2.06. The van der Waals surface area contributed by atoms with Crippen molar-refractivity contribution in [1.82, 2.24) is 0 Å². The normalized spacial score (nSPS) is 11.4. The molecule has 0 aliphatic rings. The fourth-order valence-corrected chi connectivity index (χ4v) is 2.53. The molecule has 0 saturated carbocycles. The van der Waals surface area contributed by atoms with Crippen LogP contribution in [-0.2, 0) is 21.1 Å². The number of carbonyl (C=O) groups is 1. The van der Waals surface area contributed by atoms with Gasteiger partial charge in [-0.2, -0.15) is 0 Å². The first-order valence-corrected chi connectivity index (χ1v) is 7.14. The van der Waals surface area contributed by atoms with Crippen molar-refractivity contribution >= 4 is 15.6 Å². The van der Waals surface area contributed by atoms with Crippen LogP contribution in [0.4, 0.5) is 0 Å². The van der Waals surface area contributed by atoms with Crippen LogP contribution in [0, 0.1) is 0 Å². The van der Waals surface area contributed by atoms with Gasteiger partial charge in [-0.05, 0) is 18.1 Å². The smallest absolute Gasteiger partial charge is 0.175 e. The SMILES string of the molecule is CCCC(=O)Cc1ccccc1S(C)(=O)=O. The summed E-state index contributed by atoms with van der Waals surface area (Å²) in [4.78, 5) is 11.8. The van der Waals surface area contributed by atoms with Gasteiger partial charge < -0.3 is 0 Å². The van der Waals surface area contributed by atoms with Gasteiger partial charge in [-0.15, -0.1) is 0 Å². The van der Waals surface area contributed by atoms with Gasteiger partial charge in [-0.3, -0.25) is 4.79 Å². The van der Waals surface area contributed by atoms with Crippen molar-refractivity contribution in [3.05, 3.63) is 29.8 Å². The van der Waals surface area contributed by atoms with Crippen molar-refractivity contribution in [2.45, 2.75) is 31.1 Å². The predicted molar refractivity (Wildman–Crippen MR) is 63.2 cm³/mol. The van der Waals surface area contributed by atoms with E-state index in [2.05, 4.69) is 0 Å². The Hall–Kier alpha value is -1.16. The highest BCUT2D eigenvalue weighted by molar-refractivity contribution is 7.90. The first-order chi connectivity index (χ1) is 7.45. The van der Waals surface area contributed by atoms with Gasteiger partial charge >= 0.3 is 0 Å². The van der Waals surface area contributed by atoms with E-state index in [-0.39, 0.29) is 17.1 Å². The minimum absolute atomic E-state index is 0.0820. The molecule has 0 unspecified atom stereocenters. The Morgan fingerprint density at radius 1 is 1.25 bits per heavy atom.